The predicted octanol–water partition coefficient (Wildman–Crippen LogP) is 9.47. The van der Waals surface area contributed by atoms with Gasteiger partial charge in [-0.25, -0.2) is 9.97 Å². The second-order valence-electron chi connectivity index (χ2n) is 11.0. The number of benzene rings is 6. The zero-order chi connectivity index (χ0) is 27.4. The minimum absolute atomic E-state index is 0.693. The molecule has 0 atom stereocenters. The molecular formula is C38H22N4. The Hall–Kier alpha value is -5.74. The molecule has 4 heteroatoms. The van der Waals surface area contributed by atoms with Crippen molar-refractivity contribution in [2.24, 2.45) is 0 Å². The molecule has 0 amide bonds. The predicted molar refractivity (Wildman–Crippen MR) is 173 cm³/mol. The maximum absolute atomic E-state index is 5.27. The lowest BCUT2D eigenvalue weighted by Gasteiger charge is -2.13. The van der Waals surface area contributed by atoms with E-state index in [1.807, 2.05) is 6.20 Å². The smallest absolute Gasteiger partial charge is 0.235 e. The van der Waals surface area contributed by atoms with Gasteiger partial charge in [0, 0.05) is 49.6 Å². The Bertz CT molecular complexity index is 2480. The number of fused-ring (bicyclic) bond motifs is 9. The van der Waals surface area contributed by atoms with E-state index in [9.17, 15) is 0 Å². The summed E-state index contributed by atoms with van der Waals surface area (Å²) in [5.74, 6) is 0.693. The first-order chi connectivity index (χ1) is 20.9. The fraction of sp³-hybridized carbons (Fsp3) is 0. The van der Waals surface area contributed by atoms with E-state index in [0.717, 1.165) is 27.9 Å². The van der Waals surface area contributed by atoms with Crippen LogP contribution in [0.3, 0.4) is 0 Å². The standard InChI is InChI=1S/C38H22N4/c1-5-16-31-23(10-1)24-11-2-6-17-32(24)41(31)35-21-20-27-30-22-39-38(40-37(30)29-15-9-14-28(35)36(27)29)42-33-18-7-3-12-25(33)26-13-4-8-19-34(26)42/h1-22H. The molecule has 3 aromatic heterocycles. The van der Waals surface area contributed by atoms with Gasteiger partial charge in [0.2, 0.25) is 5.95 Å². The molecule has 4 nitrogen and oxygen atoms in total. The molecule has 194 valence electrons. The summed E-state index contributed by atoms with van der Waals surface area (Å²) in [5, 5.41) is 7.40. The fourth-order valence-corrected chi connectivity index (χ4v) is 7.21. The topological polar surface area (TPSA) is 35.6 Å². The van der Waals surface area contributed by atoms with Crippen molar-refractivity contribution >= 4 is 54.4 Å². The molecule has 0 saturated heterocycles. The number of hydrogen-bond donors (Lipinski definition) is 0. The molecule has 1 aliphatic rings. The van der Waals surface area contributed by atoms with Crippen LogP contribution in [0.4, 0.5) is 0 Å². The van der Waals surface area contributed by atoms with Gasteiger partial charge >= 0.3 is 0 Å². The second-order valence-corrected chi connectivity index (χ2v) is 11.0. The van der Waals surface area contributed by atoms with Gasteiger partial charge < -0.3 is 4.57 Å². The lowest BCUT2D eigenvalue weighted by molar-refractivity contribution is 0.996. The third kappa shape index (κ3) is 2.71. The van der Waals surface area contributed by atoms with Crippen LogP contribution in [0.5, 0.6) is 0 Å². The van der Waals surface area contributed by atoms with Gasteiger partial charge in [-0.3, -0.25) is 4.57 Å². The van der Waals surface area contributed by atoms with E-state index in [2.05, 4.69) is 137 Å². The van der Waals surface area contributed by atoms with Crippen LogP contribution in [0, 0.1) is 0 Å². The molecule has 0 unspecified atom stereocenters. The molecular weight excluding hydrogens is 512 g/mol. The van der Waals surface area contributed by atoms with Gasteiger partial charge in [0.1, 0.15) is 0 Å². The number of rotatable bonds is 2. The van der Waals surface area contributed by atoms with E-state index in [4.69, 9.17) is 9.97 Å². The lowest BCUT2D eigenvalue weighted by Crippen LogP contribution is -2.02. The molecule has 0 N–H and O–H groups in total. The fourth-order valence-electron chi connectivity index (χ4n) is 7.21. The molecule has 3 heterocycles. The van der Waals surface area contributed by atoms with Crippen molar-refractivity contribution < 1.29 is 0 Å². The maximum Gasteiger partial charge on any atom is 0.235 e. The van der Waals surface area contributed by atoms with Crippen LogP contribution >= 0.6 is 0 Å². The molecule has 0 saturated carbocycles. The molecule has 0 bridgehead atoms. The van der Waals surface area contributed by atoms with Crippen LogP contribution in [0.25, 0.3) is 88.4 Å². The Morgan fingerprint density at radius 1 is 0.405 bits per heavy atom. The molecule has 9 aromatic rings. The maximum atomic E-state index is 5.27. The SMILES string of the molecule is c1cc2c3c(ccc(-n4c5ccccc5c5ccccc54)c3c1)-c1cnc(-n3c4ccccc4c4ccccc43)nc1-2. The molecule has 1 aliphatic carbocycles. The van der Waals surface area contributed by atoms with Crippen LogP contribution < -0.4 is 0 Å². The first-order valence-electron chi connectivity index (χ1n) is 14.3. The summed E-state index contributed by atoms with van der Waals surface area (Å²) in [6.45, 7) is 0. The molecule has 0 fully saturated rings. The second kappa shape index (κ2) is 7.93. The highest BCUT2D eigenvalue weighted by molar-refractivity contribution is 6.18. The van der Waals surface area contributed by atoms with Gasteiger partial charge in [0.25, 0.3) is 0 Å². The van der Waals surface area contributed by atoms with Crippen molar-refractivity contribution in [3.8, 4) is 34.0 Å². The van der Waals surface area contributed by atoms with Crippen molar-refractivity contribution in [3.63, 3.8) is 0 Å². The summed E-state index contributed by atoms with van der Waals surface area (Å²) in [6, 6.07) is 45.5. The molecule has 10 rings (SSSR count). The van der Waals surface area contributed by atoms with Gasteiger partial charge in [-0.1, -0.05) is 97.1 Å². The van der Waals surface area contributed by atoms with Crippen molar-refractivity contribution in [1.82, 2.24) is 19.1 Å². The minimum atomic E-state index is 0.693. The summed E-state index contributed by atoms with van der Waals surface area (Å²) in [4.78, 5) is 10.2. The molecule has 6 aromatic carbocycles. The first-order valence-corrected chi connectivity index (χ1v) is 14.3. The highest BCUT2D eigenvalue weighted by Crippen LogP contribution is 2.48. The summed E-state index contributed by atoms with van der Waals surface area (Å²) in [5.41, 5.74) is 10.2. The Labute approximate surface area is 240 Å². The van der Waals surface area contributed by atoms with Gasteiger partial charge in [-0.15, -0.1) is 0 Å². The average molecular weight is 535 g/mol. The van der Waals surface area contributed by atoms with Gasteiger partial charge in [0.05, 0.1) is 33.4 Å². The monoisotopic (exact) mass is 534 g/mol. The van der Waals surface area contributed by atoms with Gasteiger partial charge in [0.15, 0.2) is 0 Å². The van der Waals surface area contributed by atoms with Crippen LogP contribution in [-0.2, 0) is 0 Å². The molecule has 42 heavy (non-hydrogen) atoms. The average Bonchev–Trinajstić information content (AvgIpc) is 3.68. The summed E-state index contributed by atoms with van der Waals surface area (Å²) in [6.07, 6.45) is 2.01. The summed E-state index contributed by atoms with van der Waals surface area (Å²) < 4.78 is 4.60. The Morgan fingerprint density at radius 2 is 0.929 bits per heavy atom. The third-order valence-electron chi connectivity index (χ3n) is 8.94. The highest BCUT2D eigenvalue weighted by Gasteiger charge is 2.26. The van der Waals surface area contributed by atoms with Crippen LogP contribution in [0.1, 0.15) is 0 Å². The highest BCUT2D eigenvalue weighted by atomic mass is 15.2. The van der Waals surface area contributed by atoms with Crippen molar-refractivity contribution in [1.29, 1.82) is 0 Å². The summed E-state index contributed by atoms with van der Waals surface area (Å²) >= 11 is 0. The lowest BCUT2D eigenvalue weighted by atomic mass is 10.0. The zero-order valence-corrected chi connectivity index (χ0v) is 22.5. The number of para-hydroxylation sites is 4. The van der Waals surface area contributed by atoms with E-state index in [0.29, 0.717) is 5.95 Å². The van der Waals surface area contributed by atoms with E-state index in [1.54, 1.807) is 0 Å². The summed E-state index contributed by atoms with van der Waals surface area (Å²) in [7, 11) is 0. The largest absolute Gasteiger partial charge is 0.309 e. The van der Waals surface area contributed by atoms with Gasteiger partial charge in [-0.05, 0) is 35.9 Å². The number of nitrogens with zero attached hydrogens (tertiary/aromatic N) is 4. The quantitative estimate of drug-likeness (QED) is 0.221. The molecule has 0 spiro atoms. The Kier molecular flexibility index (Phi) is 4.15. The Morgan fingerprint density at radius 3 is 1.52 bits per heavy atom. The van der Waals surface area contributed by atoms with Crippen molar-refractivity contribution in [2.45, 2.75) is 0 Å². The van der Waals surface area contributed by atoms with Gasteiger partial charge in [-0.2, -0.15) is 0 Å². The van der Waals surface area contributed by atoms with Crippen LogP contribution in [0.2, 0.25) is 0 Å². The first kappa shape index (κ1) is 22.0. The third-order valence-corrected chi connectivity index (χ3v) is 8.94. The van der Waals surface area contributed by atoms with Crippen LogP contribution in [0.15, 0.2) is 134 Å². The number of hydrogen-bond acceptors (Lipinski definition) is 2. The normalized spacial score (nSPS) is 12.3. The van der Waals surface area contributed by atoms with Crippen LogP contribution in [-0.4, -0.2) is 19.1 Å². The van der Waals surface area contributed by atoms with E-state index in [-0.39, 0.29) is 0 Å². The zero-order valence-electron chi connectivity index (χ0n) is 22.5. The van der Waals surface area contributed by atoms with Crippen molar-refractivity contribution in [2.75, 3.05) is 0 Å². The van der Waals surface area contributed by atoms with E-state index < -0.39 is 0 Å². The van der Waals surface area contributed by atoms with E-state index in [1.165, 1.54) is 54.6 Å². The number of aromatic nitrogens is 4. The van der Waals surface area contributed by atoms with E-state index >= 15 is 0 Å². The molecule has 0 radical (unpaired) electrons. The Balaban J connectivity index is 1.24. The van der Waals surface area contributed by atoms with Crippen molar-refractivity contribution in [3.05, 3.63) is 134 Å². The minimum Gasteiger partial charge on any atom is -0.309 e. The molecule has 0 aliphatic heterocycles.